The van der Waals surface area contributed by atoms with Gasteiger partial charge in [-0.3, -0.25) is 9.98 Å². The van der Waals surface area contributed by atoms with Crippen molar-refractivity contribution >= 4 is 56.7 Å². The summed E-state index contributed by atoms with van der Waals surface area (Å²) < 4.78 is 0. The van der Waals surface area contributed by atoms with Crippen LogP contribution in [0.4, 0.5) is 22.7 Å². The number of aliphatic imine (C=N–C) groups is 2. The first kappa shape index (κ1) is 25.4. The van der Waals surface area contributed by atoms with Gasteiger partial charge in [-0.05, 0) is 82.6 Å². The zero-order valence-electron chi connectivity index (χ0n) is 21.3. The van der Waals surface area contributed by atoms with Crippen molar-refractivity contribution in [1.29, 1.82) is 0 Å². The third-order valence-corrected chi connectivity index (χ3v) is 6.54. The minimum Gasteiger partial charge on any atom is -0.396 e. The predicted molar refractivity (Wildman–Crippen MR) is 160 cm³/mol. The lowest BCUT2D eigenvalue weighted by Crippen LogP contribution is -1.99. The summed E-state index contributed by atoms with van der Waals surface area (Å²) in [5.74, 6) is 0. The Morgan fingerprint density at radius 1 is 0.553 bits per heavy atom. The van der Waals surface area contributed by atoms with Crippen molar-refractivity contribution in [2.75, 3.05) is 23.8 Å². The highest BCUT2D eigenvalue weighted by atomic mass is 16.3. The Labute approximate surface area is 222 Å². The predicted octanol–water partition coefficient (Wildman–Crippen LogP) is 7.25. The molecule has 0 spiro atoms. The monoisotopic (exact) mass is 504 g/mol. The smallest absolute Gasteiger partial charge is 0.0870 e. The van der Waals surface area contributed by atoms with Gasteiger partial charge in [-0.25, -0.2) is 0 Å². The fourth-order valence-electron chi connectivity index (χ4n) is 4.46. The van der Waals surface area contributed by atoms with E-state index in [2.05, 4.69) is 59.2 Å². The Morgan fingerprint density at radius 3 is 1.34 bits per heavy atom. The van der Waals surface area contributed by atoms with Crippen molar-refractivity contribution in [3.05, 3.63) is 96.3 Å². The molecule has 0 bridgehead atoms. The Balaban J connectivity index is 1.64. The molecule has 38 heavy (non-hydrogen) atoms. The molecule has 1 aliphatic rings. The fourth-order valence-corrected chi connectivity index (χ4v) is 4.46. The lowest BCUT2D eigenvalue weighted by molar-refractivity contribution is 0.289. The van der Waals surface area contributed by atoms with E-state index in [-0.39, 0.29) is 13.2 Å². The molecule has 0 radical (unpaired) electrons. The molecule has 0 saturated carbocycles. The van der Waals surface area contributed by atoms with Crippen LogP contribution in [0.5, 0.6) is 0 Å². The van der Waals surface area contributed by atoms with Crippen LogP contribution in [-0.4, -0.2) is 35.9 Å². The highest BCUT2D eigenvalue weighted by Gasteiger charge is 2.08. The topological polar surface area (TPSA) is 89.2 Å². The summed E-state index contributed by atoms with van der Waals surface area (Å²) in [6.07, 6.45) is 10.3. The van der Waals surface area contributed by atoms with Gasteiger partial charge in [0.05, 0.1) is 22.7 Å². The number of hydrogen-bond donors (Lipinski definition) is 4. The minimum atomic E-state index is 0.112. The molecule has 1 heterocycles. The fraction of sp³-hybridized carbons (Fsp3) is 0.188. The molecule has 4 N–H and O–H groups in total. The van der Waals surface area contributed by atoms with E-state index in [0.29, 0.717) is 25.7 Å². The second kappa shape index (κ2) is 12.3. The van der Waals surface area contributed by atoms with Gasteiger partial charge in [0.25, 0.3) is 0 Å². The first-order valence-corrected chi connectivity index (χ1v) is 13.0. The van der Waals surface area contributed by atoms with Gasteiger partial charge in [-0.2, -0.15) is 0 Å². The highest BCUT2D eigenvalue weighted by Crippen LogP contribution is 2.33. The van der Waals surface area contributed by atoms with Crippen molar-refractivity contribution < 1.29 is 10.2 Å². The second-order valence-electron chi connectivity index (χ2n) is 9.33. The number of benzene rings is 4. The quantitative estimate of drug-likeness (QED) is 0.223. The molecule has 5 rings (SSSR count). The number of aliphatic hydroxyl groups excluding tert-OH is 2. The van der Waals surface area contributed by atoms with Gasteiger partial charge < -0.3 is 20.8 Å². The molecule has 4 aromatic carbocycles. The second-order valence-corrected chi connectivity index (χ2v) is 9.33. The first-order valence-electron chi connectivity index (χ1n) is 13.0. The summed E-state index contributed by atoms with van der Waals surface area (Å²) in [6.45, 7) is 0.224. The van der Waals surface area contributed by atoms with E-state index >= 15 is 0 Å². The van der Waals surface area contributed by atoms with Gasteiger partial charge in [-0.1, -0.05) is 48.5 Å². The van der Waals surface area contributed by atoms with Crippen LogP contribution in [-0.2, 0) is 0 Å². The summed E-state index contributed by atoms with van der Waals surface area (Å²) in [7, 11) is 0. The van der Waals surface area contributed by atoms with Gasteiger partial charge in [0.15, 0.2) is 0 Å². The summed E-state index contributed by atoms with van der Waals surface area (Å²) in [5, 5.41) is 30.3. The van der Waals surface area contributed by atoms with E-state index in [9.17, 15) is 10.2 Å². The number of anilines is 2. The van der Waals surface area contributed by atoms with Crippen LogP contribution in [0.1, 0.15) is 25.7 Å². The lowest BCUT2D eigenvalue weighted by Gasteiger charge is -2.12. The third-order valence-electron chi connectivity index (χ3n) is 6.54. The Kier molecular flexibility index (Phi) is 8.23. The molecule has 0 atom stereocenters. The molecule has 0 unspecified atom stereocenters. The van der Waals surface area contributed by atoms with Gasteiger partial charge in [0.1, 0.15) is 0 Å². The van der Waals surface area contributed by atoms with Crippen molar-refractivity contribution in [3.8, 4) is 0 Å². The van der Waals surface area contributed by atoms with Gasteiger partial charge in [-0.15, -0.1) is 0 Å². The maximum Gasteiger partial charge on any atom is 0.0870 e. The molecule has 6 heteroatoms. The van der Waals surface area contributed by atoms with E-state index in [4.69, 9.17) is 9.98 Å². The molecule has 4 aromatic rings. The zero-order valence-corrected chi connectivity index (χ0v) is 21.3. The average Bonchev–Trinajstić information content (AvgIpc) is 2.95. The number of allylic oxidation sites excluding steroid dienone is 2. The molecular weight excluding hydrogens is 472 g/mol. The normalized spacial score (nSPS) is 16.4. The van der Waals surface area contributed by atoms with Gasteiger partial charge in [0.2, 0.25) is 0 Å². The molecule has 0 amide bonds. The Hall–Kier alpha value is -4.26. The van der Waals surface area contributed by atoms with E-state index in [1.54, 1.807) is 0 Å². The van der Waals surface area contributed by atoms with E-state index < -0.39 is 0 Å². The molecule has 192 valence electrons. The van der Waals surface area contributed by atoms with Crippen molar-refractivity contribution in [2.45, 2.75) is 25.7 Å². The van der Waals surface area contributed by atoms with Crippen LogP contribution in [0.2, 0.25) is 0 Å². The SMILES string of the molecule is OCCC/C1=C/Nc2cc3ccccc3cc2N=C/C(CCCO)=C\Nc2cc3ccccc3cc2N=C1. The number of hydrogen-bond acceptors (Lipinski definition) is 6. The number of nitrogens with one attached hydrogen (secondary N) is 2. The molecule has 0 saturated heterocycles. The molecule has 6 nitrogen and oxygen atoms in total. The zero-order chi connectivity index (χ0) is 26.2. The molecule has 0 aliphatic carbocycles. The lowest BCUT2D eigenvalue weighted by atomic mass is 10.1. The van der Waals surface area contributed by atoms with Gasteiger partial charge >= 0.3 is 0 Å². The summed E-state index contributed by atoms with van der Waals surface area (Å²) in [5.41, 5.74) is 5.34. The molecule has 0 fully saturated rings. The molecular formula is C32H32N4O2. The summed E-state index contributed by atoms with van der Waals surface area (Å²) in [4.78, 5) is 9.74. The van der Waals surface area contributed by atoms with Crippen LogP contribution in [0.25, 0.3) is 21.5 Å². The number of nitrogens with zero attached hydrogens (tertiary/aromatic N) is 2. The van der Waals surface area contributed by atoms with E-state index in [1.165, 1.54) is 0 Å². The number of fused-ring (bicyclic) bond motifs is 4. The first-order chi connectivity index (χ1) is 18.7. The van der Waals surface area contributed by atoms with Crippen LogP contribution in [0.3, 0.4) is 0 Å². The maximum absolute atomic E-state index is 9.47. The third kappa shape index (κ3) is 6.17. The minimum absolute atomic E-state index is 0.112. The maximum atomic E-state index is 9.47. The van der Waals surface area contributed by atoms with Gasteiger partial charge in [0, 0.05) is 38.0 Å². The summed E-state index contributed by atoms with van der Waals surface area (Å²) in [6, 6.07) is 24.8. The van der Waals surface area contributed by atoms with Crippen LogP contribution in [0.15, 0.2) is 106 Å². The largest absolute Gasteiger partial charge is 0.396 e. The van der Waals surface area contributed by atoms with Crippen LogP contribution >= 0.6 is 0 Å². The number of aliphatic hydroxyl groups is 2. The van der Waals surface area contributed by atoms with Crippen molar-refractivity contribution in [1.82, 2.24) is 0 Å². The Bertz CT molecular complexity index is 1430. The standard InChI is InChI=1S/C32H32N4O2/c37-13-5-7-23-19-33-29-15-25-9-1-2-10-26(25)16-30(29)34-20-24(8-6-14-38)22-36-32-18-28-12-4-3-11-27(28)17-31(32)35-21-23/h1-4,9-12,15-22,33,36-38H,5-8,13-14H2/b23-19-,24-22-,34-20?,35-21?. The van der Waals surface area contributed by atoms with Crippen LogP contribution < -0.4 is 10.6 Å². The van der Waals surface area contributed by atoms with Crippen molar-refractivity contribution in [3.63, 3.8) is 0 Å². The van der Waals surface area contributed by atoms with E-state index in [1.807, 2.05) is 49.1 Å². The average molecular weight is 505 g/mol. The van der Waals surface area contributed by atoms with E-state index in [0.717, 1.165) is 55.4 Å². The number of rotatable bonds is 6. The summed E-state index contributed by atoms with van der Waals surface area (Å²) >= 11 is 0. The van der Waals surface area contributed by atoms with Crippen molar-refractivity contribution in [2.24, 2.45) is 9.98 Å². The molecule has 1 aliphatic heterocycles. The highest BCUT2D eigenvalue weighted by molar-refractivity contribution is 5.96. The molecule has 0 aromatic heterocycles. The Morgan fingerprint density at radius 2 is 0.947 bits per heavy atom. The van der Waals surface area contributed by atoms with Crippen LogP contribution in [0, 0.1) is 0 Å².